The Labute approximate surface area is 229 Å². The van der Waals surface area contributed by atoms with Crippen LogP contribution in [0.25, 0.3) is 0 Å². The molecule has 2 heterocycles. The molecule has 0 aromatic carbocycles. The first-order chi connectivity index (χ1) is 18.1. The molecule has 1 aromatic rings. The van der Waals surface area contributed by atoms with Crippen LogP contribution in [0.5, 0.6) is 0 Å². The third-order valence-corrected chi connectivity index (χ3v) is 9.21. The lowest BCUT2D eigenvalue weighted by molar-refractivity contribution is -0.149. The lowest BCUT2D eigenvalue weighted by Gasteiger charge is -2.28. The summed E-state index contributed by atoms with van der Waals surface area (Å²) >= 11 is 0.991. The van der Waals surface area contributed by atoms with Crippen molar-refractivity contribution in [3.05, 3.63) is 33.1 Å². The molecule has 0 spiro atoms. The Hall–Kier alpha value is -1.84. The highest BCUT2D eigenvalue weighted by Crippen LogP contribution is 2.66. The number of aromatic nitrogens is 2. The van der Waals surface area contributed by atoms with Gasteiger partial charge in [-0.05, 0) is 20.8 Å². The summed E-state index contributed by atoms with van der Waals surface area (Å²) in [7, 11) is -4.30. The summed E-state index contributed by atoms with van der Waals surface area (Å²) in [5.41, 5.74) is -3.51. The van der Waals surface area contributed by atoms with E-state index >= 15 is 0 Å². The largest absolute Gasteiger partial charge is 0.462 e. The van der Waals surface area contributed by atoms with Gasteiger partial charge in [-0.2, -0.15) is 0 Å². The molecule has 0 bridgehead atoms. The van der Waals surface area contributed by atoms with E-state index in [1.807, 2.05) is 0 Å². The van der Waals surface area contributed by atoms with E-state index in [2.05, 4.69) is 10.1 Å². The molecule has 14 nitrogen and oxygen atoms in total. The molecular formula is C23H36N3O11PS. The minimum Gasteiger partial charge on any atom is -0.462 e. The molecule has 1 aromatic heterocycles. The summed E-state index contributed by atoms with van der Waals surface area (Å²) in [5.74, 6) is -0.567. The smallest absolute Gasteiger partial charge is 0.406 e. The molecule has 16 heteroatoms. The van der Waals surface area contributed by atoms with Crippen molar-refractivity contribution in [2.24, 2.45) is 10.8 Å². The average Bonchev–Trinajstić information content (AvgIpc) is 3.31. The Morgan fingerprint density at radius 1 is 1.31 bits per heavy atom. The molecule has 0 amide bonds. The number of hydrogen-bond acceptors (Lipinski definition) is 12. The second-order valence-electron chi connectivity index (χ2n) is 10.8. The summed E-state index contributed by atoms with van der Waals surface area (Å²) in [6.45, 7) is 9.16. The van der Waals surface area contributed by atoms with Crippen LogP contribution in [0.2, 0.25) is 0 Å². The van der Waals surface area contributed by atoms with Gasteiger partial charge in [0.15, 0.2) is 11.3 Å². The normalized spacial score (nSPS) is 28.5. The molecule has 1 aliphatic carbocycles. The lowest BCUT2D eigenvalue weighted by atomic mass is 9.99. The first-order valence-corrected chi connectivity index (χ1v) is 14.9. The summed E-state index contributed by atoms with van der Waals surface area (Å²) in [5, 5.41) is 23.6. The lowest BCUT2D eigenvalue weighted by Crippen LogP contribution is -2.41. The number of fused-ring (bicyclic) bond motifs is 1. The van der Waals surface area contributed by atoms with Crippen molar-refractivity contribution in [1.29, 1.82) is 0 Å². The van der Waals surface area contributed by atoms with Gasteiger partial charge in [0.25, 0.3) is 5.56 Å². The number of aliphatic hydroxyl groups is 2. The summed E-state index contributed by atoms with van der Waals surface area (Å²) in [6, 6.07) is -0.0448. The van der Waals surface area contributed by atoms with Crippen molar-refractivity contribution in [1.82, 2.24) is 14.6 Å². The molecule has 4 N–H and O–H groups in total. The minimum atomic E-state index is -4.30. The zero-order valence-corrected chi connectivity index (χ0v) is 24.3. The molecule has 1 saturated carbocycles. The summed E-state index contributed by atoms with van der Waals surface area (Å²) in [4.78, 5) is 50.2. The minimum absolute atomic E-state index is 0.0975. The number of nitrogens with one attached hydrogen (secondary N) is 2. The van der Waals surface area contributed by atoms with Crippen LogP contribution in [0.4, 0.5) is 0 Å². The van der Waals surface area contributed by atoms with E-state index in [9.17, 15) is 34.0 Å². The van der Waals surface area contributed by atoms with Gasteiger partial charge in [-0.1, -0.05) is 32.5 Å². The van der Waals surface area contributed by atoms with Crippen molar-refractivity contribution in [3.8, 4) is 0 Å². The number of aromatic amines is 1. The Balaban J connectivity index is 1.75. The van der Waals surface area contributed by atoms with Gasteiger partial charge in [-0.15, -0.1) is 0 Å². The molecule has 2 aliphatic rings. The number of thioether (sulfide) groups is 1. The number of nitrogens with zero attached hydrogens (tertiary/aromatic N) is 1. The van der Waals surface area contributed by atoms with E-state index in [4.69, 9.17) is 18.5 Å². The fourth-order valence-electron chi connectivity index (χ4n) is 4.07. The van der Waals surface area contributed by atoms with Crippen LogP contribution in [0.15, 0.2) is 21.9 Å². The molecule has 3 rings (SSSR count). The maximum Gasteiger partial charge on any atom is 0.406 e. The van der Waals surface area contributed by atoms with Crippen LogP contribution in [0.1, 0.15) is 47.8 Å². The summed E-state index contributed by atoms with van der Waals surface area (Å²) in [6.07, 6.45) is -4.15. The maximum absolute atomic E-state index is 13.8. The molecule has 1 aliphatic heterocycles. The fraction of sp³-hybridized carbons (Fsp3) is 0.739. The standard InChI is InChI=1S/C23H36N3O11PS/c1-12(2)35-19(30)13(3)25-38(33,34-9-10-39-20(31)22(4,5)6)37-17-16-23(17,11-27)15(29)18(36-16)26-8-7-14(28)24-21(26)32/h7-8,12-13,15-18,27,29H,9-11H2,1-6H3,(H,25,33)(H,24,28,32)/t13?,15-,16+,17?,18+,23+,38?/m0/s1. The van der Waals surface area contributed by atoms with E-state index < -0.39 is 79.1 Å². The van der Waals surface area contributed by atoms with Crippen molar-refractivity contribution in [2.75, 3.05) is 19.0 Å². The van der Waals surface area contributed by atoms with E-state index in [0.717, 1.165) is 28.6 Å². The number of rotatable bonds is 12. The first kappa shape index (κ1) is 31.7. The Morgan fingerprint density at radius 3 is 2.51 bits per heavy atom. The van der Waals surface area contributed by atoms with Gasteiger partial charge in [0.05, 0.1) is 24.7 Å². The molecule has 39 heavy (non-hydrogen) atoms. The first-order valence-electron chi connectivity index (χ1n) is 12.4. The Morgan fingerprint density at radius 2 is 1.97 bits per heavy atom. The number of aliphatic hydroxyl groups excluding tert-OH is 2. The predicted molar refractivity (Wildman–Crippen MR) is 140 cm³/mol. The van der Waals surface area contributed by atoms with Gasteiger partial charge in [-0.3, -0.25) is 33.0 Å². The number of ether oxygens (including phenoxy) is 2. The van der Waals surface area contributed by atoms with Gasteiger partial charge in [-0.25, -0.2) is 14.4 Å². The number of carbonyl (C=O) groups is 2. The van der Waals surface area contributed by atoms with E-state index in [0.29, 0.717) is 0 Å². The molecule has 1 saturated heterocycles. The topological polar surface area (TPSA) is 195 Å². The van der Waals surface area contributed by atoms with Crippen molar-refractivity contribution in [3.63, 3.8) is 0 Å². The van der Waals surface area contributed by atoms with Gasteiger partial charge >= 0.3 is 19.4 Å². The molecule has 7 atom stereocenters. The van der Waals surface area contributed by atoms with Gasteiger partial charge < -0.3 is 19.7 Å². The van der Waals surface area contributed by atoms with Gasteiger partial charge in [0, 0.05) is 23.4 Å². The van der Waals surface area contributed by atoms with Crippen LogP contribution in [-0.2, 0) is 32.7 Å². The molecule has 0 radical (unpaired) electrons. The van der Waals surface area contributed by atoms with Crippen LogP contribution < -0.4 is 16.3 Å². The second kappa shape index (κ2) is 12.0. The second-order valence-corrected chi connectivity index (χ2v) is 13.5. The average molecular weight is 594 g/mol. The molecule has 3 unspecified atom stereocenters. The predicted octanol–water partition coefficient (Wildman–Crippen LogP) is 0.533. The van der Waals surface area contributed by atoms with Crippen molar-refractivity contribution < 1.29 is 42.9 Å². The highest BCUT2D eigenvalue weighted by Gasteiger charge is 2.79. The van der Waals surface area contributed by atoms with Crippen LogP contribution in [-0.4, -0.2) is 80.3 Å². The molecule has 2 fully saturated rings. The quantitative estimate of drug-likeness (QED) is 0.149. The monoisotopic (exact) mass is 593 g/mol. The maximum atomic E-state index is 13.8. The van der Waals surface area contributed by atoms with E-state index in [1.165, 1.54) is 6.92 Å². The third kappa shape index (κ3) is 6.91. The zero-order chi connectivity index (χ0) is 29.3. The highest BCUT2D eigenvalue weighted by molar-refractivity contribution is 8.13. The van der Waals surface area contributed by atoms with Gasteiger partial charge in [0.2, 0.25) is 0 Å². The molecular weight excluding hydrogens is 557 g/mol. The van der Waals surface area contributed by atoms with Gasteiger partial charge in [0.1, 0.15) is 24.4 Å². The SMILES string of the molecule is CC(C)OC(=O)C(C)NP(=O)(OCCSC(=O)C(C)(C)C)OC1[C@H]2O[C@@H](n3ccc(=O)[nH]c3=O)[C@H](O)[C@@]12CO. The third-order valence-electron chi connectivity index (χ3n) is 6.23. The number of H-pyrrole nitrogens is 1. The zero-order valence-electron chi connectivity index (χ0n) is 22.6. The van der Waals surface area contributed by atoms with E-state index in [1.54, 1.807) is 34.6 Å². The Bertz CT molecular complexity index is 1230. The Kier molecular flexibility index (Phi) is 9.71. The molecule has 220 valence electrons. The van der Waals surface area contributed by atoms with Crippen molar-refractivity contribution in [2.45, 2.75) is 78.2 Å². The van der Waals surface area contributed by atoms with Crippen LogP contribution in [0, 0.1) is 10.8 Å². The number of esters is 1. The van der Waals surface area contributed by atoms with E-state index in [-0.39, 0.29) is 17.5 Å². The van der Waals surface area contributed by atoms with Crippen molar-refractivity contribution >= 4 is 30.6 Å². The number of hydrogen-bond donors (Lipinski definition) is 4. The fourth-order valence-corrected chi connectivity index (χ4v) is 6.69. The highest BCUT2D eigenvalue weighted by atomic mass is 32.2. The van der Waals surface area contributed by atoms with Crippen LogP contribution in [0.3, 0.4) is 0 Å². The van der Waals surface area contributed by atoms with Crippen LogP contribution >= 0.6 is 19.5 Å². The summed E-state index contributed by atoms with van der Waals surface area (Å²) < 4.78 is 36.9. The number of carbonyl (C=O) groups excluding carboxylic acids is 2.